The van der Waals surface area contributed by atoms with Crippen LogP contribution >= 0.6 is 0 Å². The third kappa shape index (κ3) is 4.14. The summed E-state index contributed by atoms with van der Waals surface area (Å²) in [4.78, 5) is 2.19. The number of rotatable bonds is 5. The minimum absolute atomic E-state index is 0.257. The molecule has 0 saturated carbocycles. The smallest absolute Gasteiger partial charge is 0.127 e. The summed E-state index contributed by atoms with van der Waals surface area (Å²) in [6.45, 7) is 5.44. The fourth-order valence-corrected chi connectivity index (χ4v) is 2.22. The van der Waals surface area contributed by atoms with Crippen LogP contribution in [0.2, 0.25) is 0 Å². The van der Waals surface area contributed by atoms with E-state index in [2.05, 4.69) is 36.9 Å². The monoisotopic (exact) mass is 282 g/mol. The zero-order chi connectivity index (χ0) is 15.2. The van der Waals surface area contributed by atoms with Gasteiger partial charge in [0.25, 0.3) is 0 Å². The Bertz CT molecular complexity index is 629. The summed E-state index contributed by atoms with van der Waals surface area (Å²) >= 11 is 0. The fraction of sp³-hybridized carbons (Fsp3) is 0.278. The first-order valence-corrected chi connectivity index (χ1v) is 7.06. The van der Waals surface area contributed by atoms with Gasteiger partial charge in [0.1, 0.15) is 5.82 Å². The molecule has 2 aromatic carbocycles. The number of hydrogen-bond donors (Lipinski definition) is 0. The van der Waals surface area contributed by atoms with Crippen LogP contribution in [0.4, 0.5) is 4.39 Å². The molecule has 0 aliphatic heterocycles. The Morgan fingerprint density at radius 1 is 1.10 bits per heavy atom. The van der Waals surface area contributed by atoms with E-state index in [1.807, 2.05) is 18.2 Å². The maximum atomic E-state index is 13.9. The first kappa shape index (κ1) is 15.2. The molecule has 0 aromatic heterocycles. The predicted octanol–water partition coefficient (Wildman–Crippen LogP) is 4.11. The Morgan fingerprint density at radius 3 is 2.43 bits per heavy atom. The van der Waals surface area contributed by atoms with Gasteiger partial charge in [-0.1, -0.05) is 30.3 Å². The molecule has 2 aromatic rings. The van der Waals surface area contributed by atoms with Gasteiger partial charge in [-0.05, 0) is 37.6 Å². The Balaban J connectivity index is 2.19. The molecule has 0 bridgehead atoms. The third-order valence-corrected chi connectivity index (χ3v) is 3.51. The molecule has 0 radical (unpaired) electrons. The van der Waals surface area contributed by atoms with Gasteiger partial charge in [0.05, 0.1) is 11.6 Å². The van der Waals surface area contributed by atoms with E-state index in [0.717, 1.165) is 6.54 Å². The van der Waals surface area contributed by atoms with Gasteiger partial charge in [-0.25, -0.2) is 4.39 Å². The van der Waals surface area contributed by atoms with E-state index in [4.69, 9.17) is 5.26 Å². The Hall–Kier alpha value is -2.18. The molecule has 0 unspecified atom stereocenters. The molecule has 0 spiro atoms. The van der Waals surface area contributed by atoms with Crippen LogP contribution in [-0.4, -0.2) is 10.9 Å². The van der Waals surface area contributed by atoms with Gasteiger partial charge < -0.3 is 0 Å². The van der Waals surface area contributed by atoms with Crippen molar-refractivity contribution in [3.8, 4) is 6.07 Å². The topological polar surface area (TPSA) is 27.0 Å². The van der Waals surface area contributed by atoms with Crippen molar-refractivity contribution in [3.05, 3.63) is 71.0 Å². The van der Waals surface area contributed by atoms with E-state index < -0.39 is 0 Å². The molecule has 0 aliphatic rings. The molecule has 3 heteroatoms. The molecular formula is C18H19FN2. The van der Waals surface area contributed by atoms with Crippen LogP contribution in [0, 0.1) is 17.1 Å². The molecular weight excluding hydrogens is 263 g/mol. The van der Waals surface area contributed by atoms with Gasteiger partial charge >= 0.3 is 0 Å². The van der Waals surface area contributed by atoms with Gasteiger partial charge in [0.2, 0.25) is 0 Å². The van der Waals surface area contributed by atoms with E-state index in [9.17, 15) is 4.39 Å². The molecule has 0 amide bonds. The van der Waals surface area contributed by atoms with Crippen molar-refractivity contribution in [1.82, 2.24) is 4.90 Å². The molecule has 2 nitrogen and oxygen atoms in total. The first-order chi connectivity index (χ1) is 10.1. The summed E-state index contributed by atoms with van der Waals surface area (Å²) < 4.78 is 13.9. The summed E-state index contributed by atoms with van der Waals surface area (Å²) in [5, 5.41) is 8.95. The number of hydrogen-bond acceptors (Lipinski definition) is 2. The zero-order valence-corrected chi connectivity index (χ0v) is 12.4. The minimum atomic E-state index is -0.257. The van der Waals surface area contributed by atoms with Crippen molar-refractivity contribution in [3.63, 3.8) is 0 Å². The predicted molar refractivity (Wildman–Crippen MR) is 81.9 cm³/mol. The highest BCUT2D eigenvalue weighted by Gasteiger charge is 2.14. The highest BCUT2D eigenvalue weighted by molar-refractivity contribution is 5.33. The van der Waals surface area contributed by atoms with Crippen molar-refractivity contribution in [2.75, 3.05) is 0 Å². The number of benzene rings is 2. The van der Waals surface area contributed by atoms with E-state index >= 15 is 0 Å². The van der Waals surface area contributed by atoms with Gasteiger partial charge in [0.15, 0.2) is 0 Å². The van der Waals surface area contributed by atoms with Crippen LogP contribution in [0.25, 0.3) is 0 Å². The standard InChI is InChI=1S/C18H19FN2/c1-14(2)21(12-15-6-4-3-5-7-15)13-17-10-16(11-20)8-9-18(17)19/h3-10,14H,12-13H2,1-2H3. The summed E-state index contributed by atoms with van der Waals surface area (Å²) in [7, 11) is 0. The van der Waals surface area contributed by atoms with Crippen LogP contribution in [0.3, 0.4) is 0 Å². The lowest BCUT2D eigenvalue weighted by molar-refractivity contribution is 0.201. The molecule has 0 N–H and O–H groups in total. The molecule has 0 aliphatic carbocycles. The van der Waals surface area contributed by atoms with E-state index in [1.165, 1.54) is 17.7 Å². The van der Waals surface area contributed by atoms with Crippen molar-refractivity contribution in [2.45, 2.75) is 33.0 Å². The fourth-order valence-electron chi connectivity index (χ4n) is 2.22. The lowest BCUT2D eigenvalue weighted by Crippen LogP contribution is -2.30. The lowest BCUT2D eigenvalue weighted by Gasteiger charge is -2.27. The van der Waals surface area contributed by atoms with Crippen molar-refractivity contribution in [2.24, 2.45) is 0 Å². The van der Waals surface area contributed by atoms with Crippen LogP contribution in [0.1, 0.15) is 30.5 Å². The van der Waals surface area contributed by atoms with Gasteiger partial charge in [-0.3, -0.25) is 4.90 Å². The minimum Gasteiger partial charge on any atom is -0.292 e. The molecule has 108 valence electrons. The maximum absolute atomic E-state index is 13.9. The normalized spacial score (nSPS) is 10.9. The van der Waals surface area contributed by atoms with E-state index in [-0.39, 0.29) is 11.9 Å². The largest absolute Gasteiger partial charge is 0.292 e. The van der Waals surface area contributed by atoms with Gasteiger partial charge in [0, 0.05) is 24.7 Å². The van der Waals surface area contributed by atoms with Crippen LogP contribution in [-0.2, 0) is 13.1 Å². The summed E-state index contributed by atoms with van der Waals surface area (Å²) in [6, 6.07) is 17.0. The van der Waals surface area contributed by atoms with Crippen LogP contribution in [0.15, 0.2) is 48.5 Å². The van der Waals surface area contributed by atoms with Crippen molar-refractivity contribution >= 4 is 0 Å². The summed E-state index contributed by atoms with van der Waals surface area (Å²) in [5.41, 5.74) is 2.26. The summed E-state index contributed by atoms with van der Waals surface area (Å²) in [6.07, 6.45) is 0. The van der Waals surface area contributed by atoms with Crippen molar-refractivity contribution in [1.29, 1.82) is 5.26 Å². The van der Waals surface area contributed by atoms with Gasteiger partial charge in [-0.15, -0.1) is 0 Å². The molecule has 0 atom stereocenters. The second kappa shape index (κ2) is 7.01. The molecule has 0 fully saturated rings. The van der Waals surface area contributed by atoms with Crippen molar-refractivity contribution < 1.29 is 4.39 Å². The molecule has 0 heterocycles. The third-order valence-electron chi connectivity index (χ3n) is 3.51. The second-order valence-electron chi connectivity index (χ2n) is 5.40. The Morgan fingerprint density at radius 2 is 1.81 bits per heavy atom. The van der Waals surface area contributed by atoms with Crippen LogP contribution < -0.4 is 0 Å². The summed E-state index contributed by atoms with van der Waals surface area (Å²) in [5.74, 6) is -0.257. The molecule has 2 rings (SSSR count). The lowest BCUT2D eigenvalue weighted by atomic mass is 10.1. The number of halogens is 1. The van der Waals surface area contributed by atoms with E-state index in [1.54, 1.807) is 6.07 Å². The number of nitriles is 1. The van der Waals surface area contributed by atoms with Crippen LogP contribution in [0.5, 0.6) is 0 Å². The van der Waals surface area contributed by atoms with E-state index in [0.29, 0.717) is 17.7 Å². The Kier molecular flexibility index (Phi) is 5.08. The highest BCUT2D eigenvalue weighted by Crippen LogP contribution is 2.17. The SMILES string of the molecule is CC(C)N(Cc1ccccc1)Cc1cc(C#N)ccc1F. The average Bonchev–Trinajstić information content (AvgIpc) is 2.49. The number of nitrogens with zero attached hydrogens (tertiary/aromatic N) is 2. The zero-order valence-electron chi connectivity index (χ0n) is 12.4. The molecule has 21 heavy (non-hydrogen) atoms. The van der Waals surface area contributed by atoms with Gasteiger partial charge in [-0.2, -0.15) is 5.26 Å². The first-order valence-electron chi connectivity index (χ1n) is 7.06. The quantitative estimate of drug-likeness (QED) is 0.825. The average molecular weight is 282 g/mol. The highest BCUT2D eigenvalue weighted by atomic mass is 19.1. The molecule has 0 saturated heterocycles. The maximum Gasteiger partial charge on any atom is 0.127 e. The second-order valence-corrected chi connectivity index (χ2v) is 5.40. The Labute approximate surface area is 125 Å².